The minimum Gasteiger partial charge on any atom is -0.497 e. The standard InChI is InChI=1S/C24H26N2O6S/c1-17-8-11-21(12-9-17)33(28,29)26(19-6-5-7-20(15-19)30-2)16-24(27)25-18-10-13-22(31-3)23(14-18)32-4/h5-15H,16H2,1-4H3,(H,25,27). The molecule has 8 nitrogen and oxygen atoms in total. The highest BCUT2D eigenvalue weighted by Crippen LogP contribution is 2.30. The van der Waals surface area contributed by atoms with Gasteiger partial charge in [0.1, 0.15) is 12.3 Å². The van der Waals surface area contributed by atoms with Crippen molar-refractivity contribution in [1.82, 2.24) is 0 Å². The van der Waals surface area contributed by atoms with Crippen LogP contribution < -0.4 is 23.8 Å². The van der Waals surface area contributed by atoms with Crippen LogP contribution in [0.5, 0.6) is 17.2 Å². The van der Waals surface area contributed by atoms with Crippen LogP contribution in [0.15, 0.2) is 71.6 Å². The Morgan fingerprint density at radius 1 is 0.879 bits per heavy atom. The fourth-order valence-corrected chi connectivity index (χ4v) is 4.58. The second kappa shape index (κ2) is 10.3. The van der Waals surface area contributed by atoms with Gasteiger partial charge in [0.15, 0.2) is 11.5 Å². The van der Waals surface area contributed by atoms with Crippen LogP contribution in [0.4, 0.5) is 11.4 Å². The second-order valence-electron chi connectivity index (χ2n) is 7.14. The number of ether oxygens (including phenoxy) is 3. The summed E-state index contributed by atoms with van der Waals surface area (Å²) in [7, 11) is 0.454. The summed E-state index contributed by atoms with van der Waals surface area (Å²) in [4.78, 5) is 13.0. The minimum absolute atomic E-state index is 0.0786. The summed E-state index contributed by atoms with van der Waals surface area (Å²) in [5.41, 5.74) is 1.67. The van der Waals surface area contributed by atoms with E-state index in [9.17, 15) is 13.2 Å². The third kappa shape index (κ3) is 5.56. The van der Waals surface area contributed by atoms with Crippen molar-refractivity contribution in [3.05, 3.63) is 72.3 Å². The average Bonchev–Trinajstić information content (AvgIpc) is 2.82. The van der Waals surface area contributed by atoms with E-state index in [0.29, 0.717) is 28.6 Å². The molecule has 0 aliphatic heterocycles. The molecular weight excluding hydrogens is 444 g/mol. The first-order valence-corrected chi connectivity index (χ1v) is 11.5. The molecule has 0 heterocycles. The van der Waals surface area contributed by atoms with E-state index in [-0.39, 0.29) is 4.90 Å². The molecule has 0 aliphatic rings. The number of carbonyl (C=O) groups excluding carboxylic acids is 1. The number of hydrogen-bond donors (Lipinski definition) is 1. The number of amides is 1. The summed E-state index contributed by atoms with van der Waals surface area (Å²) in [6.45, 7) is 1.42. The molecule has 0 atom stereocenters. The Balaban J connectivity index is 1.94. The highest BCUT2D eigenvalue weighted by Gasteiger charge is 2.27. The van der Waals surface area contributed by atoms with Gasteiger partial charge in [-0.3, -0.25) is 9.10 Å². The molecule has 0 aliphatic carbocycles. The number of rotatable bonds is 9. The number of benzene rings is 3. The van der Waals surface area contributed by atoms with Crippen LogP contribution in [-0.2, 0) is 14.8 Å². The summed E-state index contributed by atoms with van der Waals surface area (Å²) in [6, 6.07) is 17.9. The van der Waals surface area contributed by atoms with Gasteiger partial charge < -0.3 is 19.5 Å². The number of sulfonamides is 1. The first kappa shape index (κ1) is 23.9. The Hall–Kier alpha value is -3.72. The van der Waals surface area contributed by atoms with Crippen molar-refractivity contribution in [1.29, 1.82) is 0 Å². The molecular formula is C24H26N2O6S. The van der Waals surface area contributed by atoms with Crippen molar-refractivity contribution in [2.75, 3.05) is 37.5 Å². The van der Waals surface area contributed by atoms with Gasteiger partial charge in [0.25, 0.3) is 10.0 Å². The molecule has 3 aromatic rings. The van der Waals surface area contributed by atoms with Crippen LogP contribution in [0.1, 0.15) is 5.56 Å². The van der Waals surface area contributed by atoms with Crippen LogP contribution in [-0.4, -0.2) is 42.2 Å². The average molecular weight is 471 g/mol. The van der Waals surface area contributed by atoms with Gasteiger partial charge >= 0.3 is 0 Å². The van der Waals surface area contributed by atoms with E-state index in [4.69, 9.17) is 14.2 Å². The van der Waals surface area contributed by atoms with Crippen LogP contribution in [0.3, 0.4) is 0 Å². The zero-order valence-corrected chi connectivity index (χ0v) is 19.7. The van der Waals surface area contributed by atoms with Gasteiger partial charge in [0.05, 0.1) is 31.9 Å². The quantitative estimate of drug-likeness (QED) is 0.511. The minimum atomic E-state index is -4.03. The molecule has 0 saturated carbocycles. The zero-order chi connectivity index (χ0) is 24.0. The molecule has 3 rings (SSSR count). The Kier molecular flexibility index (Phi) is 7.44. The summed E-state index contributed by atoms with van der Waals surface area (Å²) >= 11 is 0. The largest absolute Gasteiger partial charge is 0.497 e. The molecule has 174 valence electrons. The van der Waals surface area contributed by atoms with Crippen LogP contribution in [0, 0.1) is 6.92 Å². The van der Waals surface area contributed by atoms with Crippen molar-refractivity contribution in [3.8, 4) is 17.2 Å². The number of hydrogen-bond acceptors (Lipinski definition) is 6. The smallest absolute Gasteiger partial charge is 0.264 e. The third-order valence-corrected chi connectivity index (χ3v) is 6.69. The monoisotopic (exact) mass is 470 g/mol. The molecule has 1 amide bonds. The number of aryl methyl sites for hydroxylation is 1. The lowest BCUT2D eigenvalue weighted by Gasteiger charge is -2.24. The van der Waals surface area contributed by atoms with Crippen molar-refractivity contribution in [3.63, 3.8) is 0 Å². The van der Waals surface area contributed by atoms with Gasteiger partial charge in [-0.25, -0.2) is 8.42 Å². The molecule has 0 aromatic heterocycles. The molecule has 9 heteroatoms. The summed E-state index contributed by atoms with van der Waals surface area (Å²) in [6.07, 6.45) is 0. The molecule has 0 unspecified atom stereocenters. The first-order chi connectivity index (χ1) is 15.8. The Bertz CT molecular complexity index is 1230. The maximum absolute atomic E-state index is 13.5. The van der Waals surface area contributed by atoms with Crippen molar-refractivity contribution in [2.24, 2.45) is 0 Å². The Morgan fingerprint density at radius 2 is 1.58 bits per heavy atom. The van der Waals surface area contributed by atoms with Crippen LogP contribution in [0.2, 0.25) is 0 Å². The Morgan fingerprint density at radius 3 is 2.21 bits per heavy atom. The van der Waals surface area contributed by atoms with Crippen molar-refractivity contribution < 1.29 is 27.4 Å². The van der Waals surface area contributed by atoms with E-state index in [2.05, 4.69) is 5.32 Å². The number of anilines is 2. The number of nitrogens with zero attached hydrogens (tertiary/aromatic N) is 1. The van der Waals surface area contributed by atoms with Gasteiger partial charge in [-0.05, 0) is 43.3 Å². The number of carbonyl (C=O) groups is 1. The maximum atomic E-state index is 13.5. The lowest BCUT2D eigenvalue weighted by atomic mass is 10.2. The van der Waals surface area contributed by atoms with E-state index < -0.39 is 22.5 Å². The molecule has 0 fully saturated rings. The molecule has 0 spiro atoms. The Labute approximate surface area is 193 Å². The van der Waals surface area contributed by atoms with Crippen molar-refractivity contribution >= 4 is 27.3 Å². The zero-order valence-electron chi connectivity index (χ0n) is 18.9. The fourth-order valence-electron chi connectivity index (χ4n) is 3.16. The van der Waals surface area contributed by atoms with Gasteiger partial charge in [0.2, 0.25) is 5.91 Å². The van der Waals surface area contributed by atoms with Gasteiger partial charge in [-0.2, -0.15) is 0 Å². The van der Waals surface area contributed by atoms with Gasteiger partial charge in [-0.15, -0.1) is 0 Å². The predicted molar refractivity (Wildman–Crippen MR) is 127 cm³/mol. The summed E-state index contributed by atoms with van der Waals surface area (Å²) in [5.74, 6) is 0.889. The maximum Gasteiger partial charge on any atom is 0.264 e. The first-order valence-electron chi connectivity index (χ1n) is 10.0. The summed E-state index contributed by atoms with van der Waals surface area (Å²) < 4.78 is 43.7. The van der Waals surface area contributed by atoms with Crippen LogP contribution >= 0.6 is 0 Å². The molecule has 0 radical (unpaired) electrons. The second-order valence-corrected chi connectivity index (χ2v) is 9.01. The lowest BCUT2D eigenvalue weighted by Crippen LogP contribution is -2.38. The summed E-state index contributed by atoms with van der Waals surface area (Å²) in [5, 5.41) is 2.72. The molecule has 0 bridgehead atoms. The SMILES string of the molecule is COc1cccc(N(CC(=O)Nc2ccc(OC)c(OC)c2)S(=O)(=O)c2ccc(C)cc2)c1. The fraction of sp³-hybridized carbons (Fsp3) is 0.208. The van der Waals surface area contributed by atoms with Crippen LogP contribution in [0.25, 0.3) is 0 Å². The highest BCUT2D eigenvalue weighted by atomic mass is 32.2. The lowest BCUT2D eigenvalue weighted by molar-refractivity contribution is -0.114. The molecule has 1 N–H and O–H groups in total. The molecule has 33 heavy (non-hydrogen) atoms. The normalized spacial score (nSPS) is 10.9. The van der Waals surface area contributed by atoms with Gasteiger partial charge in [0, 0.05) is 17.8 Å². The highest BCUT2D eigenvalue weighted by molar-refractivity contribution is 7.92. The number of nitrogens with one attached hydrogen (secondary N) is 1. The number of methoxy groups -OCH3 is 3. The topological polar surface area (TPSA) is 94.2 Å². The van der Waals surface area contributed by atoms with E-state index in [1.54, 1.807) is 54.6 Å². The van der Waals surface area contributed by atoms with E-state index in [0.717, 1.165) is 9.87 Å². The van der Waals surface area contributed by atoms with Crippen molar-refractivity contribution in [2.45, 2.75) is 11.8 Å². The third-order valence-electron chi connectivity index (χ3n) is 4.90. The van der Waals surface area contributed by atoms with E-state index in [1.807, 2.05) is 6.92 Å². The van der Waals surface area contributed by atoms with Gasteiger partial charge in [-0.1, -0.05) is 23.8 Å². The van der Waals surface area contributed by atoms with E-state index >= 15 is 0 Å². The predicted octanol–water partition coefficient (Wildman–Crippen LogP) is 3.85. The molecule has 0 saturated heterocycles. The molecule has 3 aromatic carbocycles. The van der Waals surface area contributed by atoms with E-state index in [1.165, 1.54) is 33.5 Å².